The van der Waals surface area contributed by atoms with E-state index < -0.39 is 0 Å². The van der Waals surface area contributed by atoms with Crippen LogP contribution in [0.3, 0.4) is 0 Å². The quantitative estimate of drug-likeness (QED) is 0.843. The van der Waals surface area contributed by atoms with Gasteiger partial charge in [0.2, 0.25) is 5.95 Å². The fourth-order valence-corrected chi connectivity index (χ4v) is 2.94. The molecule has 0 saturated carbocycles. The third-order valence-corrected chi connectivity index (χ3v) is 4.28. The van der Waals surface area contributed by atoms with Crippen LogP contribution in [0.25, 0.3) is 11.3 Å². The summed E-state index contributed by atoms with van der Waals surface area (Å²) in [6.45, 7) is 6.85. The number of aryl methyl sites for hydroxylation is 1. The zero-order valence-electron chi connectivity index (χ0n) is 14.3. The summed E-state index contributed by atoms with van der Waals surface area (Å²) in [5.41, 5.74) is 8.01. The highest BCUT2D eigenvalue weighted by Gasteiger charge is 2.24. The molecule has 1 amide bonds. The second-order valence-electron chi connectivity index (χ2n) is 5.21. The average Bonchev–Trinajstić information content (AvgIpc) is 2.55. The van der Waals surface area contributed by atoms with Crippen molar-refractivity contribution in [2.45, 2.75) is 20.8 Å². The van der Waals surface area contributed by atoms with Crippen LogP contribution in [0.5, 0.6) is 5.75 Å². The number of nitrogens with zero attached hydrogens (tertiary/aromatic N) is 3. The highest BCUT2D eigenvalue weighted by atomic mass is 79.9. The van der Waals surface area contributed by atoms with Crippen LogP contribution in [0.2, 0.25) is 0 Å². The SMILES string of the molecule is CCN(CC)C(=O)c1c(C)nc(N)nc1-c1cc(Br)ccc1OC. The topological polar surface area (TPSA) is 81.3 Å². The number of carbonyl (C=O) groups is 1. The van der Waals surface area contributed by atoms with Gasteiger partial charge in [0, 0.05) is 23.1 Å². The van der Waals surface area contributed by atoms with Gasteiger partial charge in [-0.25, -0.2) is 9.97 Å². The molecule has 24 heavy (non-hydrogen) atoms. The molecule has 1 aromatic carbocycles. The summed E-state index contributed by atoms with van der Waals surface area (Å²) in [6, 6.07) is 5.55. The number of nitrogens with two attached hydrogens (primary N) is 1. The van der Waals surface area contributed by atoms with Crippen LogP contribution in [0.15, 0.2) is 22.7 Å². The largest absolute Gasteiger partial charge is 0.496 e. The first-order valence-electron chi connectivity index (χ1n) is 7.70. The minimum Gasteiger partial charge on any atom is -0.496 e. The smallest absolute Gasteiger partial charge is 0.257 e. The molecule has 7 heteroatoms. The molecular formula is C17H21BrN4O2. The maximum absolute atomic E-state index is 13.0. The molecule has 0 atom stereocenters. The Morgan fingerprint density at radius 1 is 1.29 bits per heavy atom. The Labute approximate surface area is 150 Å². The molecule has 128 valence electrons. The molecule has 2 N–H and O–H groups in total. The van der Waals surface area contributed by atoms with E-state index in [0.29, 0.717) is 41.4 Å². The van der Waals surface area contributed by atoms with Crippen molar-refractivity contribution in [3.63, 3.8) is 0 Å². The third-order valence-electron chi connectivity index (χ3n) is 3.79. The van der Waals surface area contributed by atoms with E-state index in [1.807, 2.05) is 32.0 Å². The lowest BCUT2D eigenvalue weighted by Crippen LogP contribution is -2.32. The van der Waals surface area contributed by atoms with E-state index in [0.717, 1.165) is 4.47 Å². The van der Waals surface area contributed by atoms with Gasteiger partial charge >= 0.3 is 0 Å². The Balaban J connectivity index is 2.75. The molecule has 6 nitrogen and oxygen atoms in total. The van der Waals surface area contributed by atoms with Crippen molar-refractivity contribution in [2.24, 2.45) is 0 Å². The summed E-state index contributed by atoms with van der Waals surface area (Å²) >= 11 is 3.45. The molecular weight excluding hydrogens is 372 g/mol. The van der Waals surface area contributed by atoms with Gasteiger partial charge in [0.05, 0.1) is 24.1 Å². The first-order valence-corrected chi connectivity index (χ1v) is 8.49. The second-order valence-corrected chi connectivity index (χ2v) is 6.13. The molecule has 1 aromatic heterocycles. The van der Waals surface area contributed by atoms with E-state index in [1.54, 1.807) is 18.9 Å². The molecule has 0 aliphatic rings. The van der Waals surface area contributed by atoms with Crippen LogP contribution >= 0.6 is 15.9 Å². The number of amides is 1. The first kappa shape index (κ1) is 18.2. The van der Waals surface area contributed by atoms with Gasteiger partial charge in [-0.1, -0.05) is 15.9 Å². The first-order chi connectivity index (χ1) is 11.4. The molecule has 0 radical (unpaired) electrons. The molecule has 0 aliphatic carbocycles. The monoisotopic (exact) mass is 392 g/mol. The number of rotatable bonds is 5. The van der Waals surface area contributed by atoms with Crippen LogP contribution < -0.4 is 10.5 Å². The number of ether oxygens (including phenoxy) is 1. The van der Waals surface area contributed by atoms with E-state index in [1.165, 1.54) is 0 Å². The maximum Gasteiger partial charge on any atom is 0.257 e. The second kappa shape index (κ2) is 7.61. The summed E-state index contributed by atoms with van der Waals surface area (Å²) in [7, 11) is 1.58. The molecule has 0 fully saturated rings. The van der Waals surface area contributed by atoms with Crippen molar-refractivity contribution in [2.75, 3.05) is 25.9 Å². The average molecular weight is 393 g/mol. The standard InChI is InChI=1S/C17H21BrN4O2/c1-5-22(6-2)16(23)14-10(3)20-17(19)21-15(14)12-9-11(18)7-8-13(12)24-4/h7-9H,5-6H2,1-4H3,(H2,19,20,21). The van der Waals surface area contributed by atoms with Gasteiger partial charge in [-0.15, -0.1) is 0 Å². The lowest BCUT2D eigenvalue weighted by Gasteiger charge is -2.22. The molecule has 0 aliphatic heterocycles. The predicted octanol–water partition coefficient (Wildman–Crippen LogP) is 3.29. The van der Waals surface area contributed by atoms with Crippen LogP contribution in [-0.2, 0) is 0 Å². The third kappa shape index (κ3) is 3.51. The van der Waals surface area contributed by atoms with Crippen molar-refractivity contribution in [1.29, 1.82) is 0 Å². The fraction of sp³-hybridized carbons (Fsp3) is 0.353. The lowest BCUT2D eigenvalue weighted by molar-refractivity contribution is 0.0772. The molecule has 0 spiro atoms. The molecule has 2 rings (SSSR count). The number of nitrogen functional groups attached to an aromatic ring is 1. The van der Waals surface area contributed by atoms with Gasteiger partial charge in [0.15, 0.2) is 0 Å². The molecule has 0 unspecified atom stereocenters. The van der Waals surface area contributed by atoms with E-state index in [-0.39, 0.29) is 11.9 Å². The number of methoxy groups -OCH3 is 1. The minimum absolute atomic E-state index is 0.116. The number of hydrogen-bond donors (Lipinski definition) is 1. The molecule has 1 heterocycles. The van der Waals surface area contributed by atoms with Gasteiger partial charge in [0.25, 0.3) is 5.91 Å². The lowest BCUT2D eigenvalue weighted by atomic mass is 10.0. The number of hydrogen-bond acceptors (Lipinski definition) is 5. The van der Waals surface area contributed by atoms with Crippen molar-refractivity contribution in [1.82, 2.24) is 14.9 Å². The Kier molecular flexibility index (Phi) is 5.77. The normalized spacial score (nSPS) is 10.5. The zero-order chi connectivity index (χ0) is 17.9. The van der Waals surface area contributed by atoms with E-state index in [2.05, 4.69) is 25.9 Å². The Morgan fingerprint density at radius 3 is 2.54 bits per heavy atom. The summed E-state index contributed by atoms with van der Waals surface area (Å²) < 4.78 is 6.29. The number of halogens is 1. The molecule has 2 aromatic rings. The fourth-order valence-electron chi connectivity index (χ4n) is 2.58. The van der Waals surface area contributed by atoms with E-state index >= 15 is 0 Å². The predicted molar refractivity (Wildman–Crippen MR) is 98.1 cm³/mol. The number of carbonyl (C=O) groups excluding carboxylic acids is 1. The molecule has 0 bridgehead atoms. The number of anilines is 1. The van der Waals surface area contributed by atoms with Crippen molar-refractivity contribution in [3.05, 3.63) is 33.9 Å². The highest BCUT2D eigenvalue weighted by Crippen LogP contribution is 2.35. The van der Waals surface area contributed by atoms with Crippen molar-refractivity contribution >= 4 is 27.8 Å². The highest BCUT2D eigenvalue weighted by molar-refractivity contribution is 9.10. The van der Waals surface area contributed by atoms with Gasteiger partial charge < -0.3 is 15.4 Å². The van der Waals surface area contributed by atoms with E-state index in [4.69, 9.17) is 10.5 Å². The van der Waals surface area contributed by atoms with Crippen LogP contribution in [0, 0.1) is 6.92 Å². The number of benzene rings is 1. The molecule has 0 saturated heterocycles. The summed E-state index contributed by atoms with van der Waals surface area (Å²) in [6.07, 6.45) is 0. The summed E-state index contributed by atoms with van der Waals surface area (Å²) in [5, 5.41) is 0. The van der Waals surface area contributed by atoms with Gasteiger partial charge in [-0.05, 0) is 39.0 Å². The minimum atomic E-state index is -0.116. The Morgan fingerprint density at radius 2 is 1.96 bits per heavy atom. The summed E-state index contributed by atoms with van der Waals surface area (Å²) in [4.78, 5) is 23.2. The summed E-state index contributed by atoms with van der Waals surface area (Å²) in [5.74, 6) is 0.624. The number of aromatic nitrogens is 2. The van der Waals surface area contributed by atoms with Gasteiger partial charge in [-0.2, -0.15) is 0 Å². The van der Waals surface area contributed by atoms with Crippen molar-refractivity contribution in [3.8, 4) is 17.0 Å². The van der Waals surface area contributed by atoms with Crippen LogP contribution in [0.1, 0.15) is 29.9 Å². The van der Waals surface area contributed by atoms with Crippen molar-refractivity contribution < 1.29 is 9.53 Å². The van der Waals surface area contributed by atoms with Gasteiger partial charge in [-0.3, -0.25) is 4.79 Å². The van der Waals surface area contributed by atoms with E-state index in [9.17, 15) is 4.79 Å². The van der Waals surface area contributed by atoms with Crippen LogP contribution in [0.4, 0.5) is 5.95 Å². The maximum atomic E-state index is 13.0. The van der Waals surface area contributed by atoms with Gasteiger partial charge in [0.1, 0.15) is 5.75 Å². The Bertz CT molecular complexity index is 760. The Hall–Kier alpha value is -2.15. The zero-order valence-corrected chi connectivity index (χ0v) is 15.8. The van der Waals surface area contributed by atoms with Crippen LogP contribution in [-0.4, -0.2) is 41.0 Å².